The minimum absolute atomic E-state index is 1.26. The predicted octanol–water partition coefficient (Wildman–Crippen LogP) is 23.0. The molecular formula is C64H124N+. The minimum atomic E-state index is 1.26. The quantitative estimate of drug-likeness (QED) is 0.0451. The van der Waals surface area contributed by atoms with Gasteiger partial charge in [-0.15, -0.1) is 0 Å². The molecule has 1 heteroatoms. The zero-order chi connectivity index (χ0) is 46.5. The molecule has 0 unspecified atom stereocenters. The lowest BCUT2D eigenvalue weighted by Gasteiger charge is -2.39. The molecule has 0 aromatic heterocycles. The van der Waals surface area contributed by atoms with Crippen LogP contribution in [-0.4, -0.2) is 24.1 Å². The first-order valence-corrected chi connectivity index (χ1v) is 31.2. The van der Waals surface area contributed by atoms with Gasteiger partial charge < -0.3 is 4.48 Å². The zero-order valence-corrected chi connectivity index (χ0v) is 45.7. The maximum atomic E-state index is 2.44. The fourth-order valence-electron chi connectivity index (χ4n) is 11.1. The van der Waals surface area contributed by atoms with Gasteiger partial charge in [-0.25, -0.2) is 0 Å². The average molecular weight is 908 g/mol. The highest BCUT2D eigenvalue weighted by Gasteiger charge is 2.27. The summed E-state index contributed by atoms with van der Waals surface area (Å²) in [4.78, 5) is 0. The summed E-state index contributed by atoms with van der Waals surface area (Å²) in [6.45, 7) is 12.5. The maximum Gasteiger partial charge on any atom is 0.104 e. The van der Waals surface area contributed by atoms with Gasteiger partial charge in [-0.05, 0) is 38.5 Å². The standard InChI is InChI=1S/C64H124N/c1-4-7-10-13-16-19-22-25-28-31-34-37-40-43-46-49-55-60-65(63-64-58-53-52-54-59-64,61-56-50-47-44-41-38-35-32-29-26-23-20-17-14-11-8-5-2)62-57-51-48-45-42-39-36-33-30-27-24-21-18-15-12-9-6-3/h52-54,58-59H,4-51,55-57,60-63H2,1-3H3/q+1. The van der Waals surface area contributed by atoms with Gasteiger partial charge in [0.15, 0.2) is 0 Å². The van der Waals surface area contributed by atoms with Crippen LogP contribution < -0.4 is 0 Å². The zero-order valence-electron chi connectivity index (χ0n) is 45.7. The van der Waals surface area contributed by atoms with E-state index in [0.29, 0.717) is 0 Å². The molecule has 1 nitrogen and oxygen atoms in total. The van der Waals surface area contributed by atoms with Gasteiger partial charge in [0.25, 0.3) is 0 Å². The van der Waals surface area contributed by atoms with Gasteiger partial charge in [0, 0.05) is 5.56 Å². The van der Waals surface area contributed by atoms with E-state index in [2.05, 4.69) is 51.1 Å². The van der Waals surface area contributed by atoms with Gasteiger partial charge in [-0.1, -0.05) is 340 Å². The number of unbranched alkanes of at least 4 members (excludes halogenated alkanes) is 48. The molecular weight excluding hydrogens is 783 g/mol. The molecule has 0 aliphatic rings. The first-order chi connectivity index (χ1) is 32.3. The molecule has 0 saturated carbocycles. The third-order valence-electron chi connectivity index (χ3n) is 15.6. The van der Waals surface area contributed by atoms with Crippen molar-refractivity contribution in [1.82, 2.24) is 0 Å². The van der Waals surface area contributed by atoms with E-state index in [1.54, 1.807) is 5.56 Å². The number of quaternary nitrogens is 1. The number of nitrogens with zero attached hydrogens (tertiary/aromatic N) is 1. The topological polar surface area (TPSA) is 0 Å². The molecule has 0 aliphatic heterocycles. The molecule has 1 aromatic rings. The van der Waals surface area contributed by atoms with Crippen LogP contribution in [0.2, 0.25) is 0 Å². The van der Waals surface area contributed by atoms with Crippen molar-refractivity contribution in [3.05, 3.63) is 35.9 Å². The highest BCUT2D eigenvalue weighted by molar-refractivity contribution is 5.13. The van der Waals surface area contributed by atoms with E-state index < -0.39 is 0 Å². The van der Waals surface area contributed by atoms with Crippen LogP contribution in [0.25, 0.3) is 0 Å². The third kappa shape index (κ3) is 45.4. The van der Waals surface area contributed by atoms with Crippen molar-refractivity contribution in [3.8, 4) is 0 Å². The summed E-state index contributed by atoms with van der Waals surface area (Å²) in [5.74, 6) is 0. The van der Waals surface area contributed by atoms with E-state index >= 15 is 0 Å². The second kappa shape index (κ2) is 52.5. The number of hydrogen-bond acceptors (Lipinski definition) is 0. The van der Waals surface area contributed by atoms with E-state index in [0.717, 1.165) is 0 Å². The van der Waals surface area contributed by atoms with Gasteiger partial charge in [0.1, 0.15) is 6.54 Å². The largest absolute Gasteiger partial charge is 0.320 e. The molecule has 0 N–H and O–H groups in total. The van der Waals surface area contributed by atoms with E-state index in [1.807, 2.05) is 0 Å². The van der Waals surface area contributed by atoms with Gasteiger partial charge >= 0.3 is 0 Å². The van der Waals surface area contributed by atoms with Gasteiger partial charge in [0.2, 0.25) is 0 Å². The Bertz CT molecular complexity index is 891. The van der Waals surface area contributed by atoms with E-state index in [9.17, 15) is 0 Å². The van der Waals surface area contributed by atoms with Crippen LogP contribution in [0.1, 0.15) is 354 Å². The Morgan fingerprint density at radius 1 is 0.215 bits per heavy atom. The van der Waals surface area contributed by atoms with E-state index in [4.69, 9.17) is 0 Å². The summed E-state index contributed by atoms with van der Waals surface area (Å²) in [6, 6.07) is 11.7. The smallest absolute Gasteiger partial charge is 0.104 e. The monoisotopic (exact) mass is 907 g/mol. The molecule has 0 atom stereocenters. The number of benzene rings is 1. The lowest BCUT2D eigenvalue weighted by atomic mass is 10.0. The lowest BCUT2D eigenvalue weighted by molar-refractivity contribution is -0.941. The highest BCUT2D eigenvalue weighted by atomic mass is 15.3. The Balaban J connectivity index is 2.44. The molecule has 0 radical (unpaired) electrons. The molecule has 0 heterocycles. The number of hydrogen-bond donors (Lipinski definition) is 0. The molecule has 1 aromatic carbocycles. The Morgan fingerprint density at radius 2 is 0.385 bits per heavy atom. The van der Waals surface area contributed by atoms with Crippen LogP contribution >= 0.6 is 0 Å². The minimum Gasteiger partial charge on any atom is -0.320 e. The van der Waals surface area contributed by atoms with Crippen molar-refractivity contribution in [2.75, 3.05) is 19.6 Å². The van der Waals surface area contributed by atoms with Crippen LogP contribution in [0.4, 0.5) is 0 Å². The molecule has 0 bridgehead atoms. The van der Waals surface area contributed by atoms with Crippen molar-refractivity contribution in [2.45, 2.75) is 355 Å². The van der Waals surface area contributed by atoms with Gasteiger partial charge in [-0.3, -0.25) is 0 Å². The first-order valence-electron chi connectivity index (χ1n) is 31.2. The SMILES string of the molecule is CCCCCCCCCCCCCCCCCCC[N+](CCCCCCCCCCCCCCCCCCC)(CCCCCCCCCCCCCCCCCCC)Cc1ccccc1. The van der Waals surface area contributed by atoms with Crippen molar-refractivity contribution < 1.29 is 4.48 Å². The first kappa shape index (κ1) is 62.2. The Morgan fingerprint density at radius 3 is 0.569 bits per heavy atom. The molecule has 0 aliphatic carbocycles. The highest BCUT2D eigenvalue weighted by Crippen LogP contribution is 2.24. The fourth-order valence-corrected chi connectivity index (χ4v) is 11.1. The van der Waals surface area contributed by atoms with Crippen LogP contribution in [0, 0.1) is 0 Å². The van der Waals surface area contributed by atoms with Crippen molar-refractivity contribution in [3.63, 3.8) is 0 Å². The summed E-state index contributed by atoms with van der Waals surface area (Å²) in [7, 11) is 0. The predicted molar refractivity (Wildman–Crippen MR) is 297 cm³/mol. The Kier molecular flexibility index (Phi) is 50.3. The van der Waals surface area contributed by atoms with Crippen molar-refractivity contribution >= 4 is 0 Å². The number of rotatable bonds is 56. The molecule has 1 rings (SSSR count). The second-order valence-corrected chi connectivity index (χ2v) is 22.1. The fraction of sp³-hybridized carbons (Fsp3) is 0.906. The third-order valence-corrected chi connectivity index (χ3v) is 15.6. The summed E-state index contributed by atoms with van der Waals surface area (Å²) >= 11 is 0. The van der Waals surface area contributed by atoms with Gasteiger partial charge in [-0.2, -0.15) is 0 Å². The molecule has 65 heavy (non-hydrogen) atoms. The van der Waals surface area contributed by atoms with Crippen molar-refractivity contribution in [2.24, 2.45) is 0 Å². The summed E-state index contributed by atoms with van der Waals surface area (Å²) < 4.78 is 1.36. The normalized spacial score (nSPS) is 11.9. The van der Waals surface area contributed by atoms with Crippen LogP contribution in [0.15, 0.2) is 30.3 Å². The summed E-state index contributed by atoms with van der Waals surface area (Å²) in [5.41, 5.74) is 1.58. The van der Waals surface area contributed by atoms with Crippen molar-refractivity contribution in [1.29, 1.82) is 0 Å². The van der Waals surface area contributed by atoms with Crippen LogP contribution in [-0.2, 0) is 6.54 Å². The van der Waals surface area contributed by atoms with E-state index in [1.165, 1.54) is 358 Å². The molecule has 0 amide bonds. The molecule has 0 saturated heterocycles. The Labute approximate surface area is 413 Å². The average Bonchev–Trinajstić information content (AvgIpc) is 3.32. The van der Waals surface area contributed by atoms with E-state index in [-0.39, 0.29) is 0 Å². The molecule has 0 spiro atoms. The molecule has 0 fully saturated rings. The second-order valence-electron chi connectivity index (χ2n) is 22.1. The summed E-state index contributed by atoms with van der Waals surface area (Å²) in [6.07, 6.45) is 74.6. The van der Waals surface area contributed by atoms with Crippen LogP contribution in [0.5, 0.6) is 0 Å². The maximum absolute atomic E-state index is 2.44. The summed E-state index contributed by atoms with van der Waals surface area (Å²) in [5, 5.41) is 0. The van der Waals surface area contributed by atoms with Gasteiger partial charge in [0.05, 0.1) is 19.6 Å². The Hall–Kier alpha value is -0.820. The molecule has 384 valence electrons. The lowest BCUT2D eigenvalue weighted by Crippen LogP contribution is -2.49. The van der Waals surface area contributed by atoms with Crippen LogP contribution in [0.3, 0.4) is 0 Å².